The summed E-state index contributed by atoms with van der Waals surface area (Å²) in [6.45, 7) is 1.46. The highest BCUT2D eigenvalue weighted by Gasteiger charge is 2.33. The molecule has 1 N–H and O–H groups in total. The second kappa shape index (κ2) is 5.97. The van der Waals surface area contributed by atoms with Gasteiger partial charge in [-0.05, 0) is 18.2 Å². The van der Waals surface area contributed by atoms with Crippen molar-refractivity contribution in [3.05, 3.63) is 28.2 Å². The van der Waals surface area contributed by atoms with E-state index < -0.39 is 23.6 Å². The van der Waals surface area contributed by atoms with Crippen molar-refractivity contribution in [2.75, 3.05) is 5.75 Å². The second-order valence-corrected chi connectivity index (χ2v) is 5.67. The number of carboxylic acid groups (broad SMARTS) is 1. The van der Waals surface area contributed by atoms with Crippen molar-refractivity contribution < 1.29 is 23.1 Å². The molecule has 0 heterocycles. The fourth-order valence-electron chi connectivity index (χ4n) is 1.14. The van der Waals surface area contributed by atoms with Crippen LogP contribution in [0.5, 0.6) is 0 Å². The van der Waals surface area contributed by atoms with Gasteiger partial charge in [-0.15, -0.1) is 11.8 Å². The first-order valence-corrected chi connectivity index (χ1v) is 6.72. The van der Waals surface area contributed by atoms with E-state index in [1.807, 2.05) is 0 Å². The molecular formula is C11H10BrF3O2S. The van der Waals surface area contributed by atoms with Crippen LogP contribution in [0.1, 0.15) is 12.5 Å². The zero-order chi connectivity index (χ0) is 13.9. The van der Waals surface area contributed by atoms with E-state index in [4.69, 9.17) is 5.11 Å². The van der Waals surface area contributed by atoms with Crippen LogP contribution in [0.4, 0.5) is 13.2 Å². The molecule has 1 unspecified atom stereocenters. The summed E-state index contributed by atoms with van der Waals surface area (Å²) in [5, 5.41) is 8.70. The zero-order valence-corrected chi connectivity index (χ0v) is 11.7. The third kappa shape index (κ3) is 4.20. The molecule has 0 saturated heterocycles. The van der Waals surface area contributed by atoms with Crippen molar-refractivity contribution in [3.63, 3.8) is 0 Å². The average Bonchev–Trinajstić information content (AvgIpc) is 2.23. The summed E-state index contributed by atoms with van der Waals surface area (Å²) in [4.78, 5) is 10.7. The van der Waals surface area contributed by atoms with Crippen LogP contribution < -0.4 is 0 Å². The van der Waals surface area contributed by atoms with Crippen LogP contribution in [-0.2, 0) is 11.0 Å². The molecule has 1 atom stereocenters. The van der Waals surface area contributed by atoms with Gasteiger partial charge in [-0.2, -0.15) is 13.2 Å². The summed E-state index contributed by atoms with van der Waals surface area (Å²) in [5.74, 6) is -1.63. The minimum Gasteiger partial charge on any atom is -0.481 e. The van der Waals surface area contributed by atoms with Gasteiger partial charge >= 0.3 is 12.1 Å². The Bertz CT molecular complexity index is 448. The number of thioether (sulfide) groups is 1. The first-order valence-electron chi connectivity index (χ1n) is 4.94. The molecule has 0 radical (unpaired) electrons. The van der Waals surface area contributed by atoms with Gasteiger partial charge in [-0.25, -0.2) is 0 Å². The van der Waals surface area contributed by atoms with Crippen LogP contribution in [0.15, 0.2) is 27.6 Å². The highest BCUT2D eigenvalue weighted by Crippen LogP contribution is 2.38. The second-order valence-electron chi connectivity index (χ2n) is 3.69. The van der Waals surface area contributed by atoms with Gasteiger partial charge < -0.3 is 5.11 Å². The Kier molecular flexibility index (Phi) is 5.10. The molecule has 0 saturated carbocycles. The molecule has 1 aromatic rings. The van der Waals surface area contributed by atoms with E-state index in [0.717, 1.165) is 17.8 Å². The molecule has 0 aromatic heterocycles. The van der Waals surface area contributed by atoms with Crippen LogP contribution in [0.3, 0.4) is 0 Å². The zero-order valence-electron chi connectivity index (χ0n) is 9.29. The quantitative estimate of drug-likeness (QED) is 0.829. The fraction of sp³-hybridized carbons (Fsp3) is 0.364. The Morgan fingerprint density at radius 3 is 2.61 bits per heavy atom. The maximum atomic E-state index is 12.7. The van der Waals surface area contributed by atoms with Crippen molar-refractivity contribution in [2.45, 2.75) is 18.0 Å². The average molecular weight is 343 g/mol. The van der Waals surface area contributed by atoms with E-state index in [1.165, 1.54) is 19.1 Å². The standard InChI is InChI=1S/C11H10BrF3O2S/c1-6(10(16)17)5-18-9-4-7(12)2-3-8(9)11(13,14)15/h2-4,6H,5H2,1H3,(H,16,17). The van der Waals surface area contributed by atoms with Crippen molar-refractivity contribution >= 4 is 33.7 Å². The molecule has 0 amide bonds. The van der Waals surface area contributed by atoms with Gasteiger partial charge in [0.05, 0.1) is 11.5 Å². The van der Waals surface area contributed by atoms with E-state index in [-0.39, 0.29) is 10.6 Å². The van der Waals surface area contributed by atoms with Crippen molar-refractivity contribution in [1.82, 2.24) is 0 Å². The lowest BCUT2D eigenvalue weighted by Gasteiger charge is -2.13. The lowest BCUT2D eigenvalue weighted by Crippen LogP contribution is -2.13. The number of hydrogen-bond acceptors (Lipinski definition) is 2. The normalized spacial score (nSPS) is 13.4. The van der Waals surface area contributed by atoms with Crippen LogP contribution in [0, 0.1) is 5.92 Å². The molecule has 0 fully saturated rings. The summed E-state index contributed by atoms with van der Waals surface area (Å²) in [6.07, 6.45) is -4.44. The van der Waals surface area contributed by atoms with Crippen LogP contribution in [-0.4, -0.2) is 16.8 Å². The monoisotopic (exact) mass is 342 g/mol. The van der Waals surface area contributed by atoms with E-state index in [1.54, 1.807) is 0 Å². The van der Waals surface area contributed by atoms with E-state index in [0.29, 0.717) is 4.47 Å². The summed E-state index contributed by atoms with van der Waals surface area (Å²) in [5.41, 5.74) is -0.742. The maximum absolute atomic E-state index is 12.7. The minimum absolute atomic E-state index is 0.0324. The van der Waals surface area contributed by atoms with E-state index in [9.17, 15) is 18.0 Å². The third-order valence-electron chi connectivity index (χ3n) is 2.16. The molecule has 0 bridgehead atoms. The summed E-state index contributed by atoms with van der Waals surface area (Å²) >= 11 is 4.00. The summed E-state index contributed by atoms with van der Waals surface area (Å²) in [6, 6.07) is 3.65. The molecule has 100 valence electrons. The molecule has 1 rings (SSSR count). The predicted molar refractivity (Wildman–Crippen MR) is 66.7 cm³/mol. The number of benzene rings is 1. The van der Waals surface area contributed by atoms with Crippen molar-refractivity contribution in [3.8, 4) is 0 Å². The minimum atomic E-state index is -4.44. The number of aliphatic carboxylic acids is 1. The van der Waals surface area contributed by atoms with E-state index >= 15 is 0 Å². The number of rotatable bonds is 4. The number of alkyl halides is 3. The molecule has 1 aromatic carbocycles. The third-order valence-corrected chi connectivity index (χ3v) is 3.97. The highest BCUT2D eigenvalue weighted by atomic mass is 79.9. The molecule has 0 aliphatic heterocycles. The van der Waals surface area contributed by atoms with Gasteiger partial charge in [-0.3, -0.25) is 4.79 Å². The largest absolute Gasteiger partial charge is 0.481 e. The Labute approximate surface area is 115 Å². The fourth-order valence-corrected chi connectivity index (χ4v) is 2.77. The Morgan fingerprint density at radius 1 is 1.50 bits per heavy atom. The van der Waals surface area contributed by atoms with Gasteiger partial charge in [0, 0.05) is 15.1 Å². The first kappa shape index (κ1) is 15.4. The Balaban J connectivity index is 2.93. The van der Waals surface area contributed by atoms with Gasteiger partial charge in [0.1, 0.15) is 0 Å². The van der Waals surface area contributed by atoms with Crippen molar-refractivity contribution in [1.29, 1.82) is 0 Å². The molecule has 0 aliphatic rings. The van der Waals surface area contributed by atoms with Gasteiger partial charge in [0.2, 0.25) is 0 Å². The number of halogens is 4. The Hall–Kier alpha value is -0.690. The summed E-state index contributed by atoms with van der Waals surface area (Å²) in [7, 11) is 0. The van der Waals surface area contributed by atoms with Crippen molar-refractivity contribution in [2.24, 2.45) is 5.92 Å². The van der Waals surface area contributed by atoms with Gasteiger partial charge in [-0.1, -0.05) is 22.9 Å². The molecule has 7 heteroatoms. The van der Waals surface area contributed by atoms with Gasteiger partial charge in [0.25, 0.3) is 0 Å². The lowest BCUT2D eigenvalue weighted by atomic mass is 10.2. The molecule has 2 nitrogen and oxygen atoms in total. The van der Waals surface area contributed by atoms with Crippen LogP contribution in [0.2, 0.25) is 0 Å². The molecule has 0 spiro atoms. The first-order chi connectivity index (χ1) is 8.21. The number of carbonyl (C=O) groups is 1. The number of carboxylic acids is 1. The number of hydrogen-bond donors (Lipinski definition) is 1. The smallest absolute Gasteiger partial charge is 0.417 e. The summed E-state index contributed by atoms with van der Waals surface area (Å²) < 4.78 is 38.7. The van der Waals surface area contributed by atoms with E-state index in [2.05, 4.69) is 15.9 Å². The maximum Gasteiger partial charge on any atom is 0.417 e. The Morgan fingerprint density at radius 2 is 2.11 bits per heavy atom. The lowest BCUT2D eigenvalue weighted by molar-refractivity contribution is -0.140. The molecule has 18 heavy (non-hydrogen) atoms. The highest BCUT2D eigenvalue weighted by molar-refractivity contribution is 9.10. The predicted octanol–water partition coefficient (Wildman–Crippen LogP) is 4.28. The molecule has 0 aliphatic carbocycles. The van der Waals surface area contributed by atoms with Gasteiger partial charge in [0.15, 0.2) is 0 Å². The van der Waals surface area contributed by atoms with Crippen LogP contribution >= 0.6 is 27.7 Å². The topological polar surface area (TPSA) is 37.3 Å². The SMILES string of the molecule is CC(CSc1cc(Br)ccc1C(F)(F)F)C(=O)O. The van der Waals surface area contributed by atoms with Crippen LogP contribution in [0.25, 0.3) is 0 Å². The molecular weight excluding hydrogens is 333 g/mol.